The molecular weight excluding hydrogens is 351 g/mol. The average Bonchev–Trinajstić information content (AvgIpc) is 3.26. The summed E-state index contributed by atoms with van der Waals surface area (Å²) in [6.07, 6.45) is 4.69. The minimum Gasteiger partial charge on any atom is -0.448 e. The van der Waals surface area contributed by atoms with Crippen LogP contribution in [0.1, 0.15) is 45.4 Å². The Hall–Kier alpha value is -2.76. The maximum absolute atomic E-state index is 14.4. The van der Waals surface area contributed by atoms with Gasteiger partial charge in [-0.25, -0.2) is 9.18 Å². The molecule has 142 valence electrons. The van der Waals surface area contributed by atoms with Gasteiger partial charge in [0, 0.05) is 24.8 Å². The number of carbonyl (C=O) groups excluding carboxylic acids is 1. The largest absolute Gasteiger partial charge is 0.448 e. The van der Waals surface area contributed by atoms with Gasteiger partial charge in [0.15, 0.2) is 17.3 Å². The third-order valence-electron chi connectivity index (χ3n) is 4.85. The van der Waals surface area contributed by atoms with E-state index in [-0.39, 0.29) is 12.2 Å². The highest BCUT2D eigenvalue weighted by Gasteiger charge is 2.44. The van der Waals surface area contributed by atoms with Crippen LogP contribution in [0.15, 0.2) is 36.4 Å². The lowest BCUT2D eigenvalue weighted by Crippen LogP contribution is -2.34. The van der Waals surface area contributed by atoms with Crippen LogP contribution in [0.3, 0.4) is 0 Å². The molecule has 0 N–H and O–H groups in total. The van der Waals surface area contributed by atoms with E-state index in [1.165, 1.54) is 12.1 Å². The summed E-state index contributed by atoms with van der Waals surface area (Å²) in [5.74, 6) is -0.545. The lowest BCUT2D eigenvalue weighted by atomic mass is 10.0. The fraction of sp³-hybridized carbons (Fsp3) is 0.381. The zero-order valence-corrected chi connectivity index (χ0v) is 15.1. The molecule has 27 heavy (non-hydrogen) atoms. The quantitative estimate of drug-likeness (QED) is 0.535. The van der Waals surface area contributed by atoms with Crippen LogP contribution in [0.2, 0.25) is 0 Å². The Kier molecular flexibility index (Phi) is 4.64. The number of hydrogen-bond acceptors (Lipinski definition) is 5. The maximum atomic E-state index is 14.4. The summed E-state index contributed by atoms with van der Waals surface area (Å²) in [5, 5.41) is 0. The topological polar surface area (TPSA) is 54.0 Å². The highest BCUT2D eigenvalue weighted by atomic mass is 19.1. The fourth-order valence-corrected chi connectivity index (χ4v) is 3.53. The monoisotopic (exact) mass is 372 g/mol. The third kappa shape index (κ3) is 3.44. The van der Waals surface area contributed by atoms with Crippen LogP contribution in [0.4, 0.5) is 4.39 Å². The van der Waals surface area contributed by atoms with E-state index in [9.17, 15) is 9.18 Å². The second-order valence-electron chi connectivity index (χ2n) is 6.89. The molecule has 0 saturated heterocycles. The lowest BCUT2D eigenvalue weighted by molar-refractivity contribution is -0.214. The Labute approximate surface area is 156 Å². The van der Waals surface area contributed by atoms with Gasteiger partial charge in [-0.15, -0.1) is 0 Å². The molecule has 0 amide bonds. The first-order valence-corrected chi connectivity index (χ1v) is 9.28. The van der Waals surface area contributed by atoms with Gasteiger partial charge in [0.2, 0.25) is 5.75 Å². The second kappa shape index (κ2) is 7.10. The van der Waals surface area contributed by atoms with Crippen molar-refractivity contribution in [1.82, 2.24) is 0 Å². The molecule has 0 bridgehead atoms. The number of halogens is 1. The normalized spacial score (nSPS) is 16.5. The zero-order valence-electron chi connectivity index (χ0n) is 15.1. The van der Waals surface area contributed by atoms with Crippen molar-refractivity contribution in [2.45, 2.75) is 51.2 Å². The summed E-state index contributed by atoms with van der Waals surface area (Å²) >= 11 is 0. The highest BCUT2D eigenvalue weighted by molar-refractivity contribution is 5.75. The van der Waals surface area contributed by atoms with E-state index >= 15 is 0 Å². The number of ether oxygens (including phenoxy) is 2. The van der Waals surface area contributed by atoms with Crippen molar-refractivity contribution in [1.29, 1.82) is 0 Å². The van der Waals surface area contributed by atoms with Crippen LogP contribution >= 0.6 is 0 Å². The second-order valence-corrected chi connectivity index (χ2v) is 6.89. The van der Waals surface area contributed by atoms with E-state index in [0.29, 0.717) is 23.5 Å². The molecule has 1 spiro atoms. The van der Waals surface area contributed by atoms with E-state index in [4.69, 9.17) is 14.4 Å². The number of rotatable bonds is 5. The van der Waals surface area contributed by atoms with Crippen LogP contribution in [0.5, 0.6) is 17.2 Å². The standard InChI is InChI=1S/C21H21FO5/c1-2-6-19(23)27-26-17-10-9-14(13-16(17)22)15-7-5-8-18-20(15)25-21(24-18)11-3-4-12-21/h5,7-10,13H,2-4,6,11-12H2,1H3. The number of benzene rings is 2. The van der Waals surface area contributed by atoms with Crippen LogP contribution in [-0.4, -0.2) is 11.8 Å². The van der Waals surface area contributed by atoms with Gasteiger partial charge in [-0.1, -0.05) is 25.1 Å². The van der Waals surface area contributed by atoms with Gasteiger partial charge >= 0.3 is 5.97 Å². The van der Waals surface area contributed by atoms with Crippen molar-refractivity contribution >= 4 is 5.97 Å². The van der Waals surface area contributed by atoms with Crippen LogP contribution in [-0.2, 0) is 9.68 Å². The predicted octanol–water partition coefficient (Wildman–Crippen LogP) is 5.17. The molecule has 0 aromatic heterocycles. The predicted molar refractivity (Wildman–Crippen MR) is 95.9 cm³/mol. The van der Waals surface area contributed by atoms with Gasteiger partial charge < -0.3 is 9.47 Å². The molecule has 0 atom stereocenters. The van der Waals surface area contributed by atoms with E-state index in [1.54, 1.807) is 6.07 Å². The van der Waals surface area contributed by atoms with Gasteiger partial charge in [0.1, 0.15) is 0 Å². The molecule has 1 fully saturated rings. The van der Waals surface area contributed by atoms with E-state index < -0.39 is 17.6 Å². The van der Waals surface area contributed by atoms with Gasteiger partial charge in [-0.2, -0.15) is 0 Å². The van der Waals surface area contributed by atoms with Crippen LogP contribution in [0, 0.1) is 5.82 Å². The highest BCUT2D eigenvalue weighted by Crippen LogP contribution is 2.50. The molecule has 0 unspecified atom stereocenters. The first-order chi connectivity index (χ1) is 13.1. The molecule has 1 aliphatic carbocycles. The minimum absolute atomic E-state index is 0.139. The average molecular weight is 372 g/mol. The maximum Gasteiger partial charge on any atom is 0.355 e. The lowest BCUT2D eigenvalue weighted by Gasteiger charge is -2.21. The van der Waals surface area contributed by atoms with Crippen LogP contribution < -0.4 is 14.4 Å². The van der Waals surface area contributed by atoms with Crippen molar-refractivity contribution in [2.24, 2.45) is 0 Å². The number of carbonyl (C=O) groups is 1. The summed E-state index contributed by atoms with van der Waals surface area (Å²) in [4.78, 5) is 20.8. The van der Waals surface area contributed by atoms with Crippen molar-refractivity contribution in [2.75, 3.05) is 0 Å². The van der Waals surface area contributed by atoms with Crippen LogP contribution in [0.25, 0.3) is 11.1 Å². The minimum atomic E-state index is -0.621. The smallest absolute Gasteiger partial charge is 0.355 e. The van der Waals surface area contributed by atoms with Crippen molar-refractivity contribution in [3.8, 4) is 28.4 Å². The molecule has 1 saturated carbocycles. The number of hydrogen-bond donors (Lipinski definition) is 0. The van der Waals surface area contributed by atoms with Gasteiger partial charge in [-0.3, -0.25) is 9.78 Å². The van der Waals surface area contributed by atoms with Crippen molar-refractivity contribution < 1.29 is 28.4 Å². The molecule has 1 aliphatic heterocycles. The Balaban J connectivity index is 1.56. The first-order valence-electron chi connectivity index (χ1n) is 9.28. The first kappa shape index (κ1) is 17.6. The molecular formula is C21H21FO5. The Morgan fingerprint density at radius 1 is 1.19 bits per heavy atom. The fourth-order valence-electron chi connectivity index (χ4n) is 3.53. The molecule has 2 aliphatic rings. The zero-order chi connectivity index (χ0) is 18.9. The molecule has 1 heterocycles. The van der Waals surface area contributed by atoms with Gasteiger partial charge in [0.25, 0.3) is 5.79 Å². The van der Waals surface area contributed by atoms with E-state index in [1.807, 2.05) is 25.1 Å². The summed E-state index contributed by atoms with van der Waals surface area (Å²) in [7, 11) is 0. The summed E-state index contributed by atoms with van der Waals surface area (Å²) in [6.45, 7) is 1.84. The summed E-state index contributed by atoms with van der Waals surface area (Å²) in [5.41, 5.74) is 1.39. The van der Waals surface area contributed by atoms with E-state index in [2.05, 4.69) is 4.89 Å². The molecule has 2 aromatic rings. The Morgan fingerprint density at radius 2 is 2.00 bits per heavy atom. The third-order valence-corrected chi connectivity index (χ3v) is 4.85. The molecule has 2 aromatic carbocycles. The SMILES string of the molecule is CCCC(=O)OOc1ccc(-c2cccc3c2OC2(CCCC2)O3)cc1F. The van der Waals surface area contributed by atoms with E-state index in [0.717, 1.165) is 31.2 Å². The Morgan fingerprint density at radius 3 is 2.74 bits per heavy atom. The summed E-state index contributed by atoms with van der Waals surface area (Å²) < 4.78 is 26.7. The molecule has 4 rings (SSSR count). The molecule has 0 radical (unpaired) electrons. The molecule has 5 nitrogen and oxygen atoms in total. The van der Waals surface area contributed by atoms with Gasteiger partial charge in [-0.05, 0) is 43.0 Å². The number of para-hydroxylation sites is 1. The summed E-state index contributed by atoms with van der Waals surface area (Å²) in [6, 6.07) is 10.1. The Bertz CT molecular complexity index is 858. The number of fused-ring (bicyclic) bond motifs is 1. The van der Waals surface area contributed by atoms with Gasteiger partial charge in [0.05, 0.1) is 0 Å². The van der Waals surface area contributed by atoms with Crippen molar-refractivity contribution in [3.05, 3.63) is 42.2 Å². The van der Waals surface area contributed by atoms with Crippen molar-refractivity contribution in [3.63, 3.8) is 0 Å². The molecule has 6 heteroatoms.